The second-order valence-electron chi connectivity index (χ2n) is 6.50. The average Bonchev–Trinajstić information content (AvgIpc) is 3.01. The number of amides is 3. The summed E-state index contributed by atoms with van der Waals surface area (Å²) in [6.07, 6.45) is 5.20. The third kappa shape index (κ3) is 5.69. The summed E-state index contributed by atoms with van der Waals surface area (Å²) in [5.41, 5.74) is 0. The van der Waals surface area contributed by atoms with E-state index in [1.807, 2.05) is 4.90 Å². The number of likely N-dealkylation sites (tertiary alicyclic amines) is 1. The summed E-state index contributed by atoms with van der Waals surface area (Å²) < 4.78 is 0. The van der Waals surface area contributed by atoms with Crippen molar-refractivity contribution in [2.75, 3.05) is 38.5 Å². The minimum absolute atomic E-state index is 0.0345. The predicted molar refractivity (Wildman–Crippen MR) is 95.9 cm³/mol. The molecule has 136 valence electrons. The Balaban J connectivity index is 1.63. The number of piperidine rings is 1. The summed E-state index contributed by atoms with van der Waals surface area (Å²) in [5, 5.41) is 3.09. The topological polar surface area (TPSA) is 69.7 Å². The fourth-order valence-corrected chi connectivity index (χ4v) is 3.99. The van der Waals surface area contributed by atoms with Gasteiger partial charge in [-0.05, 0) is 19.3 Å². The van der Waals surface area contributed by atoms with Gasteiger partial charge in [0, 0.05) is 50.8 Å². The third-order valence-electron chi connectivity index (χ3n) is 4.74. The van der Waals surface area contributed by atoms with Gasteiger partial charge in [0.25, 0.3) is 5.24 Å². The van der Waals surface area contributed by atoms with Crippen molar-refractivity contribution in [2.24, 2.45) is 5.92 Å². The van der Waals surface area contributed by atoms with Crippen LogP contribution in [0.25, 0.3) is 0 Å². The largest absolute Gasteiger partial charge is 0.356 e. The van der Waals surface area contributed by atoms with Crippen molar-refractivity contribution in [3.63, 3.8) is 0 Å². The van der Waals surface area contributed by atoms with Gasteiger partial charge in [0.05, 0.1) is 0 Å². The highest BCUT2D eigenvalue weighted by atomic mass is 32.2. The van der Waals surface area contributed by atoms with E-state index in [0.717, 1.165) is 50.9 Å². The SMILES string of the molecule is CCCCCNC(=O)C1CCN(C(=O)CCN2CCSC2=O)CC1. The number of unbranched alkanes of at least 4 members (excludes halogenated alkanes) is 2. The van der Waals surface area contributed by atoms with Crippen LogP contribution in [-0.4, -0.2) is 65.3 Å². The lowest BCUT2D eigenvalue weighted by Crippen LogP contribution is -2.44. The molecule has 0 aliphatic carbocycles. The van der Waals surface area contributed by atoms with Crippen LogP contribution in [0.5, 0.6) is 0 Å². The highest BCUT2D eigenvalue weighted by molar-refractivity contribution is 8.13. The van der Waals surface area contributed by atoms with Crippen LogP contribution in [0.1, 0.15) is 45.4 Å². The lowest BCUT2D eigenvalue weighted by Gasteiger charge is -2.31. The monoisotopic (exact) mass is 355 g/mol. The molecule has 3 amide bonds. The van der Waals surface area contributed by atoms with Crippen LogP contribution in [0, 0.1) is 5.92 Å². The zero-order chi connectivity index (χ0) is 17.4. The number of carbonyl (C=O) groups is 3. The van der Waals surface area contributed by atoms with E-state index in [2.05, 4.69) is 12.2 Å². The molecule has 2 heterocycles. The fraction of sp³-hybridized carbons (Fsp3) is 0.824. The van der Waals surface area contributed by atoms with E-state index in [1.165, 1.54) is 11.8 Å². The zero-order valence-electron chi connectivity index (χ0n) is 14.6. The molecule has 2 rings (SSSR count). The number of hydrogen-bond donors (Lipinski definition) is 1. The molecule has 0 saturated carbocycles. The van der Waals surface area contributed by atoms with Crippen molar-refractivity contribution in [3.8, 4) is 0 Å². The fourth-order valence-electron chi connectivity index (χ4n) is 3.14. The van der Waals surface area contributed by atoms with Gasteiger partial charge in [0.1, 0.15) is 0 Å². The predicted octanol–water partition coefficient (Wildman–Crippen LogP) is 2.09. The Morgan fingerprint density at radius 3 is 2.58 bits per heavy atom. The molecule has 0 aromatic carbocycles. The maximum atomic E-state index is 12.3. The second kappa shape index (κ2) is 9.91. The second-order valence-corrected chi connectivity index (χ2v) is 7.55. The maximum Gasteiger partial charge on any atom is 0.281 e. The Morgan fingerprint density at radius 2 is 1.96 bits per heavy atom. The van der Waals surface area contributed by atoms with Gasteiger partial charge in [-0.3, -0.25) is 14.4 Å². The van der Waals surface area contributed by atoms with Crippen molar-refractivity contribution in [1.29, 1.82) is 0 Å². The average molecular weight is 356 g/mol. The summed E-state index contributed by atoms with van der Waals surface area (Å²) >= 11 is 1.32. The van der Waals surface area contributed by atoms with Crippen LogP contribution in [0.15, 0.2) is 0 Å². The quantitative estimate of drug-likeness (QED) is 0.677. The van der Waals surface area contributed by atoms with E-state index < -0.39 is 0 Å². The van der Waals surface area contributed by atoms with E-state index in [9.17, 15) is 14.4 Å². The summed E-state index contributed by atoms with van der Waals surface area (Å²) in [4.78, 5) is 39.5. The molecule has 2 saturated heterocycles. The summed E-state index contributed by atoms with van der Waals surface area (Å²) in [7, 11) is 0. The van der Waals surface area contributed by atoms with Gasteiger partial charge < -0.3 is 15.1 Å². The Kier molecular flexibility index (Phi) is 7.88. The summed E-state index contributed by atoms with van der Waals surface area (Å²) in [6.45, 7) is 5.46. The molecule has 7 heteroatoms. The minimum Gasteiger partial charge on any atom is -0.356 e. The molecule has 0 spiro atoms. The smallest absolute Gasteiger partial charge is 0.281 e. The van der Waals surface area contributed by atoms with Crippen LogP contribution in [0.2, 0.25) is 0 Å². The first-order valence-electron chi connectivity index (χ1n) is 9.09. The van der Waals surface area contributed by atoms with Crippen molar-refractivity contribution in [3.05, 3.63) is 0 Å². The van der Waals surface area contributed by atoms with E-state index >= 15 is 0 Å². The minimum atomic E-state index is 0.0345. The number of nitrogens with zero attached hydrogens (tertiary/aromatic N) is 2. The number of nitrogens with one attached hydrogen (secondary N) is 1. The lowest BCUT2D eigenvalue weighted by atomic mass is 9.95. The van der Waals surface area contributed by atoms with Crippen molar-refractivity contribution >= 4 is 28.8 Å². The van der Waals surface area contributed by atoms with Crippen LogP contribution >= 0.6 is 11.8 Å². The molecule has 0 atom stereocenters. The van der Waals surface area contributed by atoms with Crippen LogP contribution in [-0.2, 0) is 9.59 Å². The van der Waals surface area contributed by atoms with Crippen molar-refractivity contribution < 1.29 is 14.4 Å². The first kappa shape index (κ1) is 19.1. The van der Waals surface area contributed by atoms with E-state index in [1.54, 1.807) is 4.90 Å². The first-order chi connectivity index (χ1) is 11.6. The summed E-state index contributed by atoms with van der Waals surface area (Å²) in [5.74, 6) is 1.10. The lowest BCUT2D eigenvalue weighted by molar-refractivity contribution is -0.135. The van der Waals surface area contributed by atoms with Gasteiger partial charge in [0.2, 0.25) is 11.8 Å². The highest BCUT2D eigenvalue weighted by Crippen LogP contribution is 2.20. The van der Waals surface area contributed by atoms with Gasteiger partial charge >= 0.3 is 0 Å². The van der Waals surface area contributed by atoms with Crippen molar-refractivity contribution in [1.82, 2.24) is 15.1 Å². The van der Waals surface area contributed by atoms with E-state index in [-0.39, 0.29) is 23.0 Å². The Hall–Kier alpha value is -1.24. The molecule has 0 radical (unpaired) electrons. The number of carbonyl (C=O) groups excluding carboxylic acids is 3. The normalized spacial score (nSPS) is 19.0. The Labute approximate surface area is 148 Å². The molecule has 0 bridgehead atoms. The number of hydrogen-bond acceptors (Lipinski definition) is 4. The Bertz CT molecular complexity index is 450. The van der Waals surface area contributed by atoms with Gasteiger partial charge in [-0.1, -0.05) is 31.5 Å². The molecular weight excluding hydrogens is 326 g/mol. The van der Waals surface area contributed by atoms with Gasteiger partial charge in [0.15, 0.2) is 0 Å². The van der Waals surface area contributed by atoms with E-state index in [0.29, 0.717) is 26.1 Å². The maximum absolute atomic E-state index is 12.3. The van der Waals surface area contributed by atoms with Crippen LogP contribution < -0.4 is 5.32 Å². The Morgan fingerprint density at radius 1 is 1.21 bits per heavy atom. The molecule has 2 aliphatic rings. The molecular formula is C17H29N3O3S. The third-order valence-corrected chi connectivity index (χ3v) is 5.63. The highest BCUT2D eigenvalue weighted by Gasteiger charge is 2.28. The standard InChI is InChI=1S/C17H29N3O3S/c1-2-3-4-8-18-16(22)14-5-9-19(10-6-14)15(21)7-11-20-12-13-24-17(20)23/h14H,2-13H2,1H3,(H,18,22). The number of thioether (sulfide) groups is 1. The molecule has 0 aromatic rings. The molecule has 0 unspecified atom stereocenters. The van der Waals surface area contributed by atoms with Gasteiger partial charge in [-0.25, -0.2) is 0 Å². The van der Waals surface area contributed by atoms with Gasteiger partial charge in [-0.15, -0.1) is 0 Å². The molecule has 2 fully saturated rings. The van der Waals surface area contributed by atoms with Crippen molar-refractivity contribution in [2.45, 2.75) is 45.4 Å². The zero-order valence-corrected chi connectivity index (χ0v) is 15.4. The molecule has 0 aromatic heterocycles. The number of rotatable bonds is 8. The van der Waals surface area contributed by atoms with Crippen LogP contribution in [0.4, 0.5) is 4.79 Å². The molecule has 24 heavy (non-hydrogen) atoms. The molecule has 6 nitrogen and oxygen atoms in total. The first-order valence-corrected chi connectivity index (χ1v) is 10.1. The van der Waals surface area contributed by atoms with Gasteiger partial charge in [-0.2, -0.15) is 0 Å². The van der Waals surface area contributed by atoms with Crippen LogP contribution in [0.3, 0.4) is 0 Å². The summed E-state index contributed by atoms with van der Waals surface area (Å²) in [6, 6.07) is 0. The molecule has 2 aliphatic heterocycles. The van der Waals surface area contributed by atoms with E-state index in [4.69, 9.17) is 0 Å². The molecule has 1 N–H and O–H groups in total.